The molecule has 0 saturated heterocycles. The largest absolute Gasteiger partial charge is 0.463 e. The quantitative estimate of drug-likeness (QED) is 0.856. The summed E-state index contributed by atoms with van der Waals surface area (Å²) in [6, 6.07) is 2.33. The number of aryl methyl sites for hydroxylation is 1. The number of furan rings is 1. The van der Waals surface area contributed by atoms with Crippen LogP contribution in [0.15, 0.2) is 16.5 Å². The Labute approximate surface area is 138 Å². The smallest absolute Gasteiger partial charge is 0.425 e. The fourth-order valence-corrected chi connectivity index (χ4v) is 3.02. The Morgan fingerprint density at radius 1 is 1.38 bits per heavy atom. The lowest BCUT2D eigenvalue weighted by Gasteiger charge is -2.31. The molecule has 1 aliphatic carbocycles. The van der Waals surface area contributed by atoms with Crippen molar-refractivity contribution in [1.82, 2.24) is 4.90 Å². The summed E-state index contributed by atoms with van der Waals surface area (Å²) in [4.78, 5) is 13.4. The molecule has 5 nitrogen and oxygen atoms in total. The first kappa shape index (κ1) is 18.8. The molecule has 1 fully saturated rings. The lowest BCUT2D eigenvalue weighted by molar-refractivity contribution is -0.274. The number of amides is 1. The SMILES string of the molecule is Cc1ccc(C(O)(CC(=O)N(C)CC2CCCC2O)C(F)(F)F)o1. The number of hydrogen-bond donors (Lipinski definition) is 2. The molecular weight excluding hydrogens is 327 g/mol. The number of aliphatic hydroxyl groups is 2. The number of nitrogens with zero attached hydrogens (tertiary/aromatic N) is 1. The molecule has 0 aliphatic heterocycles. The predicted octanol–water partition coefficient (Wildman–Crippen LogP) is 2.35. The second-order valence-corrected chi connectivity index (χ2v) is 6.48. The van der Waals surface area contributed by atoms with Gasteiger partial charge in [0.1, 0.15) is 11.5 Å². The zero-order valence-electron chi connectivity index (χ0n) is 13.6. The number of hydrogen-bond acceptors (Lipinski definition) is 4. The summed E-state index contributed by atoms with van der Waals surface area (Å²) >= 11 is 0. The Morgan fingerprint density at radius 3 is 2.50 bits per heavy atom. The monoisotopic (exact) mass is 349 g/mol. The van der Waals surface area contributed by atoms with E-state index in [1.807, 2.05) is 0 Å². The molecule has 1 aliphatic rings. The summed E-state index contributed by atoms with van der Waals surface area (Å²) in [6.07, 6.45) is -4.59. The van der Waals surface area contributed by atoms with Crippen LogP contribution < -0.4 is 0 Å². The molecule has 1 saturated carbocycles. The first-order valence-corrected chi connectivity index (χ1v) is 7.82. The van der Waals surface area contributed by atoms with Gasteiger partial charge in [0.05, 0.1) is 12.5 Å². The van der Waals surface area contributed by atoms with E-state index in [0.717, 1.165) is 23.8 Å². The van der Waals surface area contributed by atoms with Crippen LogP contribution in [0.25, 0.3) is 0 Å². The molecule has 24 heavy (non-hydrogen) atoms. The third kappa shape index (κ3) is 3.75. The van der Waals surface area contributed by atoms with Gasteiger partial charge in [0.25, 0.3) is 0 Å². The number of halogens is 3. The van der Waals surface area contributed by atoms with Crippen LogP contribution >= 0.6 is 0 Å². The third-order valence-corrected chi connectivity index (χ3v) is 4.58. The van der Waals surface area contributed by atoms with E-state index in [1.54, 1.807) is 0 Å². The van der Waals surface area contributed by atoms with Crippen molar-refractivity contribution < 1.29 is 32.6 Å². The van der Waals surface area contributed by atoms with E-state index in [9.17, 15) is 28.2 Å². The van der Waals surface area contributed by atoms with Crippen molar-refractivity contribution in [2.75, 3.05) is 13.6 Å². The standard InChI is InChI=1S/C16H22F3NO4/c1-10-6-7-13(24-10)15(23,16(17,18)19)8-14(22)20(2)9-11-4-3-5-12(11)21/h6-7,11-12,21,23H,3-5,8-9H2,1-2H3. The van der Waals surface area contributed by atoms with Gasteiger partial charge < -0.3 is 19.5 Å². The van der Waals surface area contributed by atoms with Gasteiger partial charge in [0.15, 0.2) is 0 Å². The molecule has 1 aromatic rings. The van der Waals surface area contributed by atoms with Crippen LogP contribution in [-0.4, -0.2) is 46.9 Å². The number of carbonyl (C=O) groups is 1. The molecule has 1 aromatic heterocycles. The normalized spacial score (nSPS) is 24.0. The van der Waals surface area contributed by atoms with Gasteiger partial charge in [-0.2, -0.15) is 13.2 Å². The van der Waals surface area contributed by atoms with E-state index in [1.165, 1.54) is 20.0 Å². The fourth-order valence-electron chi connectivity index (χ4n) is 3.02. The Morgan fingerprint density at radius 2 is 2.04 bits per heavy atom. The molecule has 3 atom stereocenters. The van der Waals surface area contributed by atoms with Crippen molar-refractivity contribution in [1.29, 1.82) is 0 Å². The van der Waals surface area contributed by atoms with Crippen LogP contribution in [0.4, 0.5) is 13.2 Å². The summed E-state index contributed by atoms with van der Waals surface area (Å²) < 4.78 is 45.0. The Bertz CT molecular complexity index is 586. The topological polar surface area (TPSA) is 73.9 Å². The molecular formula is C16H22F3NO4. The molecule has 136 valence electrons. The molecule has 3 unspecified atom stereocenters. The summed E-state index contributed by atoms with van der Waals surface area (Å²) in [5.74, 6) is -1.50. The van der Waals surface area contributed by atoms with E-state index in [-0.39, 0.29) is 18.2 Å². The van der Waals surface area contributed by atoms with Crippen molar-refractivity contribution in [3.63, 3.8) is 0 Å². The highest BCUT2D eigenvalue weighted by molar-refractivity contribution is 5.77. The average Bonchev–Trinajstić information content (AvgIpc) is 3.07. The van der Waals surface area contributed by atoms with E-state index >= 15 is 0 Å². The average molecular weight is 349 g/mol. The van der Waals surface area contributed by atoms with Crippen molar-refractivity contribution in [3.05, 3.63) is 23.7 Å². The molecule has 2 rings (SSSR count). The number of alkyl halides is 3. The van der Waals surface area contributed by atoms with Gasteiger partial charge >= 0.3 is 6.18 Å². The minimum Gasteiger partial charge on any atom is -0.463 e. The first-order chi connectivity index (χ1) is 11.0. The van der Waals surface area contributed by atoms with Crippen LogP contribution in [-0.2, 0) is 10.4 Å². The molecule has 2 N–H and O–H groups in total. The van der Waals surface area contributed by atoms with E-state index in [2.05, 4.69) is 0 Å². The number of rotatable bonds is 5. The molecule has 1 amide bonds. The molecule has 0 aromatic carbocycles. The maximum absolute atomic E-state index is 13.4. The van der Waals surface area contributed by atoms with Crippen molar-refractivity contribution in [2.24, 2.45) is 5.92 Å². The van der Waals surface area contributed by atoms with Crippen LogP contribution in [0.1, 0.15) is 37.2 Å². The fraction of sp³-hybridized carbons (Fsp3) is 0.688. The second kappa shape index (κ2) is 6.76. The number of aliphatic hydroxyl groups excluding tert-OH is 1. The zero-order chi connectivity index (χ0) is 18.1. The highest BCUT2D eigenvalue weighted by Crippen LogP contribution is 2.42. The maximum atomic E-state index is 13.4. The van der Waals surface area contributed by atoms with Gasteiger partial charge in [-0.1, -0.05) is 6.42 Å². The van der Waals surface area contributed by atoms with Gasteiger partial charge in [-0.25, -0.2) is 0 Å². The Balaban J connectivity index is 2.13. The highest BCUT2D eigenvalue weighted by Gasteiger charge is 2.58. The van der Waals surface area contributed by atoms with Gasteiger partial charge in [0.2, 0.25) is 11.5 Å². The van der Waals surface area contributed by atoms with Crippen LogP contribution in [0.3, 0.4) is 0 Å². The maximum Gasteiger partial charge on any atom is 0.425 e. The van der Waals surface area contributed by atoms with Crippen molar-refractivity contribution >= 4 is 5.91 Å². The summed E-state index contributed by atoms with van der Waals surface area (Å²) in [5.41, 5.74) is -3.37. The molecule has 0 radical (unpaired) electrons. The van der Waals surface area contributed by atoms with Crippen LogP contribution in [0.2, 0.25) is 0 Å². The molecule has 8 heteroatoms. The summed E-state index contributed by atoms with van der Waals surface area (Å²) in [7, 11) is 1.37. The second-order valence-electron chi connectivity index (χ2n) is 6.48. The van der Waals surface area contributed by atoms with Gasteiger partial charge in [-0.15, -0.1) is 0 Å². The predicted molar refractivity (Wildman–Crippen MR) is 79.0 cm³/mol. The van der Waals surface area contributed by atoms with Crippen molar-refractivity contribution in [2.45, 2.75) is 50.5 Å². The lowest BCUT2D eigenvalue weighted by Crippen LogP contribution is -2.47. The summed E-state index contributed by atoms with van der Waals surface area (Å²) in [6.45, 7) is 1.61. The van der Waals surface area contributed by atoms with Crippen LogP contribution in [0, 0.1) is 12.8 Å². The minimum absolute atomic E-state index is 0.149. The van der Waals surface area contributed by atoms with Gasteiger partial charge in [-0.05, 0) is 31.9 Å². The first-order valence-electron chi connectivity index (χ1n) is 7.82. The van der Waals surface area contributed by atoms with Gasteiger partial charge in [0, 0.05) is 19.5 Å². The lowest BCUT2D eigenvalue weighted by atomic mass is 9.94. The Kier molecular flexibility index (Phi) is 5.29. The Hall–Kier alpha value is -1.54. The van der Waals surface area contributed by atoms with Gasteiger partial charge in [-0.3, -0.25) is 4.79 Å². The summed E-state index contributed by atoms with van der Waals surface area (Å²) in [5, 5.41) is 19.9. The molecule has 0 spiro atoms. The minimum atomic E-state index is -5.05. The molecule has 0 bridgehead atoms. The van der Waals surface area contributed by atoms with E-state index in [4.69, 9.17) is 4.42 Å². The van der Waals surface area contributed by atoms with Crippen LogP contribution in [0.5, 0.6) is 0 Å². The molecule has 1 heterocycles. The van der Waals surface area contributed by atoms with Crippen molar-refractivity contribution in [3.8, 4) is 0 Å². The van der Waals surface area contributed by atoms with E-state index in [0.29, 0.717) is 6.42 Å². The third-order valence-electron chi connectivity index (χ3n) is 4.58. The van der Waals surface area contributed by atoms with E-state index < -0.39 is 36.0 Å². The highest BCUT2D eigenvalue weighted by atomic mass is 19.4. The number of carbonyl (C=O) groups excluding carboxylic acids is 1. The zero-order valence-corrected chi connectivity index (χ0v) is 13.6.